The van der Waals surface area contributed by atoms with Crippen LogP contribution < -0.4 is 0 Å². The molecule has 4 aliphatic carbocycles. The van der Waals surface area contributed by atoms with E-state index in [2.05, 4.69) is 6.92 Å². The molecule has 13 heteroatoms. The average molecular weight is 667 g/mol. The highest BCUT2D eigenvalue weighted by molar-refractivity contribution is 5.85. The molecule has 3 aliphatic heterocycles. The summed E-state index contributed by atoms with van der Waals surface area (Å²) in [5.41, 5.74) is -2.86. The van der Waals surface area contributed by atoms with Gasteiger partial charge in [-0.1, -0.05) is 6.92 Å². The van der Waals surface area contributed by atoms with Gasteiger partial charge >= 0.3 is 5.97 Å². The van der Waals surface area contributed by atoms with Crippen molar-refractivity contribution in [2.45, 2.75) is 145 Å². The van der Waals surface area contributed by atoms with E-state index in [1.54, 1.807) is 13.0 Å². The molecule has 16 atom stereocenters. The first kappa shape index (κ1) is 34.0. The first-order chi connectivity index (χ1) is 22.2. The molecule has 3 heterocycles. The molecule has 0 spiro atoms. The topological polar surface area (TPSA) is 202 Å². The molecule has 7 rings (SSSR count). The summed E-state index contributed by atoms with van der Waals surface area (Å²) in [5, 5.41) is 65.7. The van der Waals surface area contributed by atoms with Gasteiger partial charge in [0.2, 0.25) is 0 Å². The largest absolute Gasteiger partial charge is 0.458 e. The minimum atomic E-state index is -1.50. The minimum Gasteiger partial charge on any atom is -0.458 e. The Morgan fingerprint density at radius 3 is 2.40 bits per heavy atom. The van der Waals surface area contributed by atoms with E-state index in [0.717, 1.165) is 18.3 Å². The quantitative estimate of drug-likeness (QED) is 0.128. The molecule has 0 aromatic rings. The SMILES string of the molecule is CC1O[C@@H](O[C@H]2CC[C@]3(C=O)[C@H]4CC[C@]5(C)[C@@H](C6=CC(=O)OC6)CC[C@]5(O)[C@@H]4CC[C@]3(O)C2)CC(O)[C@H]1O[C@@H]1OC[C@@H](O)C(O)C1O. The number of rotatable bonds is 6. The highest BCUT2D eigenvalue weighted by Gasteiger charge is 2.71. The molecular weight excluding hydrogens is 616 g/mol. The first-order valence-electron chi connectivity index (χ1n) is 17.3. The van der Waals surface area contributed by atoms with Crippen LogP contribution in [0.25, 0.3) is 0 Å². The number of aliphatic hydroxyl groups is 6. The summed E-state index contributed by atoms with van der Waals surface area (Å²) >= 11 is 0. The Morgan fingerprint density at radius 2 is 1.70 bits per heavy atom. The summed E-state index contributed by atoms with van der Waals surface area (Å²) in [5.74, 6) is -0.635. The molecule has 0 radical (unpaired) electrons. The van der Waals surface area contributed by atoms with Gasteiger partial charge in [0.05, 0.1) is 41.5 Å². The number of cyclic esters (lactones) is 1. The van der Waals surface area contributed by atoms with Crippen LogP contribution in [-0.2, 0) is 33.3 Å². The van der Waals surface area contributed by atoms with Gasteiger partial charge in [-0.25, -0.2) is 4.79 Å². The molecule has 6 N–H and O–H groups in total. The lowest BCUT2D eigenvalue weighted by Crippen LogP contribution is -2.69. The van der Waals surface area contributed by atoms with Gasteiger partial charge in [-0.3, -0.25) is 0 Å². The van der Waals surface area contributed by atoms with Crippen molar-refractivity contribution in [3.05, 3.63) is 11.6 Å². The van der Waals surface area contributed by atoms with Crippen molar-refractivity contribution >= 4 is 12.3 Å². The predicted octanol–water partition coefficient (Wildman–Crippen LogP) is 0.243. The predicted molar refractivity (Wildman–Crippen MR) is 160 cm³/mol. The summed E-state index contributed by atoms with van der Waals surface area (Å²) in [4.78, 5) is 25.0. The van der Waals surface area contributed by atoms with Crippen LogP contribution in [0.3, 0.4) is 0 Å². The minimum absolute atomic E-state index is 0.0370. The van der Waals surface area contributed by atoms with E-state index in [4.69, 9.17) is 23.7 Å². The standard InChI is InChI=1S/C34H50O13/c1-17-29(47-30-28(40)27(39)24(37)15-44-30)23(36)12-26(45-17)46-19-3-8-32(16-35)21-4-7-31(2)20(18-11-25(38)43-14-18)6-10-34(31,42)22(21)5-9-33(32,41)13-19/h11,16-17,19-24,26-30,36-37,39-42H,3-10,12-15H2,1-2H3/t17?,19-,20+,21-,22+,23?,24+,26-,27?,28?,29-,30-,31+,32-,33-,34-/m0/s1. The molecular formula is C34H50O13. The van der Waals surface area contributed by atoms with Gasteiger partial charge in [-0.05, 0) is 81.6 Å². The molecule has 47 heavy (non-hydrogen) atoms. The second-order valence-corrected chi connectivity index (χ2v) is 15.7. The molecule has 2 saturated heterocycles. The lowest BCUT2D eigenvalue weighted by atomic mass is 9.41. The fourth-order valence-electron chi connectivity index (χ4n) is 11.0. The van der Waals surface area contributed by atoms with Gasteiger partial charge in [0, 0.05) is 24.3 Å². The number of aliphatic hydroxyl groups excluding tert-OH is 4. The van der Waals surface area contributed by atoms with Gasteiger partial charge < -0.3 is 59.1 Å². The maximum absolute atomic E-state index is 13.1. The summed E-state index contributed by atoms with van der Waals surface area (Å²) in [6, 6.07) is 0. The van der Waals surface area contributed by atoms with Gasteiger partial charge in [0.1, 0.15) is 37.3 Å². The van der Waals surface area contributed by atoms with Crippen LogP contribution in [-0.4, -0.2) is 123 Å². The van der Waals surface area contributed by atoms with Crippen LogP contribution in [0.5, 0.6) is 0 Å². The highest BCUT2D eigenvalue weighted by Crippen LogP contribution is 2.70. The van der Waals surface area contributed by atoms with Gasteiger partial charge in [-0.15, -0.1) is 0 Å². The molecule has 0 aromatic heterocycles. The molecule has 6 fully saturated rings. The Hall–Kier alpha value is -1.52. The molecule has 7 aliphatic rings. The molecule has 0 aromatic carbocycles. The number of esters is 1. The second kappa shape index (κ2) is 12.1. The van der Waals surface area contributed by atoms with Crippen LogP contribution in [0, 0.1) is 28.6 Å². The van der Waals surface area contributed by atoms with E-state index in [9.17, 15) is 40.2 Å². The number of carbonyl (C=O) groups is 2. The van der Waals surface area contributed by atoms with Crippen molar-refractivity contribution in [2.24, 2.45) is 28.6 Å². The van der Waals surface area contributed by atoms with E-state index in [1.807, 2.05) is 0 Å². The van der Waals surface area contributed by atoms with Crippen LogP contribution in [0.2, 0.25) is 0 Å². The Bertz CT molecular complexity index is 1250. The molecule has 264 valence electrons. The monoisotopic (exact) mass is 666 g/mol. The fraction of sp³-hybridized carbons (Fsp3) is 0.882. The summed E-state index contributed by atoms with van der Waals surface area (Å²) in [6.45, 7) is 3.86. The van der Waals surface area contributed by atoms with Crippen LogP contribution in [0.4, 0.5) is 0 Å². The van der Waals surface area contributed by atoms with Crippen molar-refractivity contribution in [3.63, 3.8) is 0 Å². The van der Waals surface area contributed by atoms with Gasteiger partial charge in [0.25, 0.3) is 0 Å². The Labute approximate surface area is 274 Å². The lowest BCUT2D eigenvalue weighted by Gasteiger charge is -2.65. The van der Waals surface area contributed by atoms with Crippen LogP contribution in [0.1, 0.15) is 78.1 Å². The molecule has 13 nitrogen and oxygen atoms in total. The maximum Gasteiger partial charge on any atom is 0.331 e. The number of ether oxygens (including phenoxy) is 5. The van der Waals surface area contributed by atoms with E-state index >= 15 is 0 Å². The van der Waals surface area contributed by atoms with E-state index in [0.29, 0.717) is 44.9 Å². The number of aldehydes is 1. The summed E-state index contributed by atoms with van der Waals surface area (Å²) < 4.78 is 28.7. The van der Waals surface area contributed by atoms with Crippen molar-refractivity contribution in [2.75, 3.05) is 13.2 Å². The maximum atomic E-state index is 13.1. The number of carbonyl (C=O) groups excluding carboxylic acids is 2. The summed E-state index contributed by atoms with van der Waals surface area (Å²) in [6.07, 6.45) is -1.89. The second-order valence-electron chi connectivity index (χ2n) is 15.7. The Balaban J connectivity index is 1.01. The number of hydrogen-bond donors (Lipinski definition) is 6. The molecule has 4 unspecified atom stereocenters. The zero-order valence-electron chi connectivity index (χ0n) is 27.1. The number of hydrogen-bond acceptors (Lipinski definition) is 13. The van der Waals surface area contributed by atoms with Crippen molar-refractivity contribution < 1.29 is 63.9 Å². The van der Waals surface area contributed by atoms with E-state index in [-0.39, 0.29) is 49.8 Å². The van der Waals surface area contributed by atoms with Crippen molar-refractivity contribution in [1.29, 1.82) is 0 Å². The zero-order valence-corrected chi connectivity index (χ0v) is 27.1. The number of fused-ring (bicyclic) bond motifs is 5. The third-order valence-corrected chi connectivity index (χ3v) is 13.6. The third-order valence-electron chi connectivity index (χ3n) is 13.6. The van der Waals surface area contributed by atoms with E-state index < -0.39 is 77.3 Å². The lowest BCUT2D eigenvalue weighted by molar-refractivity contribution is -0.331. The Kier molecular flexibility index (Phi) is 8.72. The van der Waals surface area contributed by atoms with Gasteiger partial charge in [-0.2, -0.15) is 0 Å². The van der Waals surface area contributed by atoms with Crippen molar-refractivity contribution in [3.8, 4) is 0 Å². The van der Waals surface area contributed by atoms with Crippen molar-refractivity contribution in [1.82, 2.24) is 0 Å². The van der Waals surface area contributed by atoms with Crippen LogP contribution in [0.15, 0.2) is 11.6 Å². The molecule has 0 amide bonds. The van der Waals surface area contributed by atoms with E-state index in [1.165, 1.54) is 0 Å². The molecule has 4 saturated carbocycles. The third kappa shape index (κ3) is 5.18. The summed E-state index contributed by atoms with van der Waals surface area (Å²) in [7, 11) is 0. The van der Waals surface area contributed by atoms with Crippen LogP contribution >= 0.6 is 0 Å². The highest BCUT2D eigenvalue weighted by atomic mass is 16.7. The Morgan fingerprint density at radius 1 is 0.936 bits per heavy atom. The first-order valence-corrected chi connectivity index (χ1v) is 17.3. The average Bonchev–Trinajstić information content (AvgIpc) is 3.57. The zero-order chi connectivity index (χ0) is 33.5. The molecule has 0 bridgehead atoms. The van der Waals surface area contributed by atoms with Gasteiger partial charge in [0.15, 0.2) is 12.6 Å². The normalized spacial score (nSPS) is 54.6. The fourth-order valence-corrected chi connectivity index (χ4v) is 11.0. The smallest absolute Gasteiger partial charge is 0.331 e.